The van der Waals surface area contributed by atoms with Gasteiger partial charge in [0, 0.05) is 58.1 Å². The van der Waals surface area contributed by atoms with E-state index in [1.807, 2.05) is 0 Å². The fourth-order valence-electron chi connectivity index (χ4n) is 4.89. The van der Waals surface area contributed by atoms with Gasteiger partial charge in [0.05, 0.1) is 4.90 Å². The third-order valence-corrected chi connectivity index (χ3v) is 8.02. The van der Waals surface area contributed by atoms with Crippen LogP contribution in [0.2, 0.25) is 0 Å². The lowest BCUT2D eigenvalue weighted by Crippen LogP contribution is -2.50. The van der Waals surface area contributed by atoms with E-state index in [1.165, 1.54) is 27.5 Å². The van der Waals surface area contributed by atoms with Crippen molar-refractivity contribution in [3.05, 3.63) is 76.5 Å². The molecule has 0 bridgehead atoms. The number of ether oxygens (including phenoxy) is 1. The van der Waals surface area contributed by atoms with E-state index in [0.29, 0.717) is 37.7 Å². The molecule has 3 N–H and O–H groups in total. The molecule has 16 heteroatoms. The van der Waals surface area contributed by atoms with Crippen molar-refractivity contribution in [2.75, 3.05) is 37.7 Å². The molecule has 0 atom stereocenters. The molecule has 5 rings (SSSR count). The number of nitrogens with two attached hydrogens (primary N) is 1. The maximum Gasteiger partial charge on any atom is 0.333 e. The van der Waals surface area contributed by atoms with Gasteiger partial charge >= 0.3 is 5.69 Å². The lowest BCUT2D eigenvalue weighted by atomic mass is 10.2. The summed E-state index contributed by atoms with van der Waals surface area (Å²) in [4.78, 5) is 50.0. The lowest BCUT2D eigenvalue weighted by molar-refractivity contribution is -0.133. The van der Waals surface area contributed by atoms with Crippen LogP contribution < -0.4 is 26.0 Å². The van der Waals surface area contributed by atoms with E-state index in [1.54, 1.807) is 36.2 Å². The topological polar surface area (TPSA) is 183 Å². The van der Waals surface area contributed by atoms with Crippen molar-refractivity contribution in [3.8, 4) is 17.4 Å². The molecule has 0 unspecified atom stereocenters. The number of anilines is 1. The summed E-state index contributed by atoms with van der Waals surface area (Å²) in [6.45, 7) is 9.31. The Balaban J connectivity index is 1.26. The molecule has 4 heterocycles. The van der Waals surface area contributed by atoms with E-state index in [2.05, 4.69) is 33.1 Å². The molecule has 1 aliphatic rings. The molecule has 0 radical (unpaired) electrons. The lowest BCUT2D eigenvalue weighted by Gasteiger charge is -2.36. The predicted octanol–water partition coefficient (Wildman–Crippen LogP) is 0.0338. The quantitative estimate of drug-likeness (QED) is 0.234. The van der Waals surface area contributed by atoms with Crippen LogP contribution in [-0.4, -0.2) is 80.9 Å². The SMILES string of the molecule is C=CCn1c(=O)c2[nH]c(-c3cc(OCC(=O)N4CCN(c5ccc(S(N)(=O)=O)cc5)CC4)nn3C)nc2n(CC=C)c1=O. The van der Waals surface area contributed by atoms with Gasteiger partial charge in [-0.25, -0.2) is 23.3 Å². The zero-order chi connectivity index (χ0) is 30.9. The van der Waals surface area contributed by atoms with Gasteiger partial charge in [0.2, 0.25) is 15.9 Å². The number of carbonyl (C=O) groups excluding carboxylic acids is 1. The monoisotopic (exact) mass is 609 g/mol. The Morgan fingerprint density at radius 3 is 2.35 bits per heavy atom. The van der Waals surface area contributed by atoms with E-state index in [-0.39, 0.29) is 47.5 Å². The summed E-state index contributed by atoms with van der Waals surface area (Å²) >= 11 is 0. The molecule has 1 aliphatic heterocycles. The number of rotatable bonds is 10. The number of piperazine rings is 1. The minimum Gasteiger partial charge on any atom is -0.466 e. The summed E-state index contributed by atoms with van der Waals surface area (Å²) < 4.78 is 32.6. The molecule has 4 aromatic rings. The number of aromatic nitrogens is 6. The highest BCUT2D eigenvalue weighted by molar-refractivity contribution is 7.89. The van der Waals surface area contributed by atoms with Gasteiger partial charge in [-0.15, -0.1) is 18.3 Å². The Morgan fingerprint density at radius 2 is 1.72 bits per heavy atom. The first-order chi connectivity index (χ1) is 20.5. The number of aromatic amines is 1. The number of aryl methyl sites for hydroxylation is 1. The van der Waals surface area contributed by atoms with Crippen molar-refractivity contribution < 1.29 is 17.9 Å². The highest BCUT2D eigenvalue weighted by Gasteiger charge is 2.23. The second kappa shape index (κ2) is 11.7. The highest BCUT2D eigenvalue weighted by Crippen LogP contribution is 2.23. The maximum absolute atomic E-state index is 13.0. The molecule has 0 aliphatic carbocycles. The number of imidazole rings is 1. The Bertz CT molecular complexity index is 1930. The van der Waals surface area contributed by atoms with Crippen LogP contribution in [0.1, 0.15) is 0 Å². The van der Waals surface area contributed by atoms with E-state index >= 15 is 0 Å². The molecule has 15 nitrogen and oxygen atoms in total. The normalized spacial score (nSPS) is 13.8. The first-order valence-electron chi connectivity index (χ1n) is 13.3. The largest absolute Gasteiger partial charge is 0.466 e. The molecule has 226 valence electrons. The van der Waals surface area contributed by atoms with Gasteiger partial charge < -0.3 is 19.5 Å². The number of fused-ring (bicyclic) bond motifs is 1. The molecule has 0 saturated carbocycles. The molecule has 0 spiro atoms. The third-order valence-electron chi connectivity index (χ3n) is 7.09. The zero-order valence-corrected chi connectivity index (χ0v) is 24.3. The summed E-state index contributed by atoms with van der Waals surface area (Å²) in [5.74, 6) is 0.272. The van der Waals surface area contributed by atoms with Gasteiger partial charge in [-0.3, -0.25) is 23.4 Å². The fourth-order valence-corrected chi connectivity index (χ4v) is 5.41. The summed E-state index contributed by atoms with van der Waals surface area (Å²) in [5.41, 5.74) is 0.601. The number of primary sulfonamides is 1. The first-order valence-corrected chi connectivity index (χ1v) is 14.8. The molecular formula is C27H31N9O6S. The van der Waals surface area contributed by atoms with E-state index in [9.17, 15) is 22.8 Å². The average Bonchev–Trinajstić information content (AvgIpc) is 3.59. The van der Waals surface area contributed by atoms with Gasteiger partial charge in [0.1, 0.15) is 11.2 Å². The molecule has 1 amide bonds. The fraction of sp³-hybridized carbons (Fsp3) is 0.296. The Kier molecular flexibility index (Phi) is 8.06. The minimum atomic E-state index is -3.76. The summed E-state index contributed by atoms with van der Waals surface area (Å²) in [6.07, 6.45) is 3.01. The zero-order valence-electron chi connectivity index (χ0n) is 23.5. The van der Waals surface area contributed by atoms with E-state index < -0.39 is 21.3 Å². The molecular weight excluding hydrogens is 578 g/mol. The number of sulfonamides is 1. The van der Waals surface area contributed by atoms with Crippen LogP contribution in [0.3, 0.4) is 0 Å². The molecule has 1 saturated heterocycles. The Morgan fingerprint density at radius 1 is 1.07 bits per heavy atom. The third kappa shape index (κ3) is 5.87. The van der Waals surface area contributed by atoms with Crippen LogP contribution in [0.4, 0.5) is 5.69 Å². The average molecular weight is 610 g/mol. The number of hydrogen-bond acceptors (Lipinski definition) is 9. The van der Waals surface area contributed by atoms with Crippen LogP contribution in [0.25, 0.3) is 22.7 Å². The number of allylic oxidation sites excluding steroid dienone is 2. The highest BCUT2D eigenvalue weighted by atomic mass is 32.2. The van der Waals surface area contributed by atoms with Crippen molar-refractivity contribution in [2.45, 2.75) is 18.0 Å². The number of benzene rings is 1. The molecule has 3 aromatic heterocycles. The van der Waals surface area contributed by atoms with E-state index in [0.717, 1.165) is 10.3 Å². The van der Waals surface area contributed by atoms with Gasteiger partial charge in [-0.1, -0.05) is 12.2 Å². The van der Waals surface area contributed by atoms with Crippen LogP contribution in [0.5, 0.6) is 5.88 Å². The van der Waals surface area contributed by atoms with Crippen molar-refractivity contribution in [1.82, 2.24) is 33.8 Å². The van der Waals surface area contributed by atoms with Gasteiger partial charge in [0.15, 0.2) is 18.1 Å². The number of H-pyrrole nitrogens is 1. The number of hydrogen-bond donors (Lipinski definition) is 2. The smallest absolute Gasteiger partial charge is 0.333 e. The van der Waals surface area contributed by atoms with Crippen molar-refractivity contribution in [2.24, 2.45) is 12.2 Å². The van der Waals surface area contributed by atoms with Crippen molar-refractivity contribution in [3.63, 3.8) is 0 Å². The first kappa shape index (κ1) is 29.5. The second-order valence-electron chi connectivity index (χ2n) is 9.86. The number of nitrogens with zero attached hydrogens (tertiary/aromatic N) is 7. The maximum atomic E-state index is 13.0. The molecule has 1 aromatic carbocycles. The van der Waals surface area contributed by atoms with Gasteiger partial charge in [0.25, 0.3) is 11.5 Å². The minimum absolute atomic E-state index is 0.0416. The van der Waals surface area contributed by atoms with Crippen LogP contribution in [-0.2, 0) is 35.0 Å². The number of nitrogens with one attached hydrogen (secondary N) is 1. The van der Waals surface area contributed by atoms with Crippen molar-refractivity contribution >= 4 is 32.8 Å². The van der Waals surface area contributed by atoms with Gasteiger partial charge in [-0.05, 0) is 24.3 Å². The van der Waals surface area contributed by atoms with E-state index in [4.69, 9.17) is 9.88 Å². The summed E-state index contributed by atoms with van der Waals surface area (Å²) in [5, 5.41) is 9.48. The second-order valence-corrected chi connectivity index (χ2v) is 11.4. The molecule has 43 heavy (non-hydrogen) atoms. The molecule has 1 fully saturated rings. The van der Waals surface area contributed by atoms with Gasteiger partial charge in [-0.2, -0.15) is 0 Å². The summed E-state index contributed by atoms with van der Waals surface area (Å²) in [6, 6.07) is 7.89. The van der Waals surface area contributed by atoms with Crippen molar-refractivity contribution in [1.29, 1.82) is 0 Å². The standard InChI is InChI=1S/C27H31N9O6S/c1-4-10-35-25-23(26(38)36(11-5-2)27(35)39)29-24(30-25)20-16-21(31-32(20)3)42-17-22(37)34-14-12-33(13-15-34)18-6-8-19(9-7-18)43(28,40)41/h4-9,16H,1-2,10-15,17H2,3H3,(H,29,30)(H2,28,40,41). The van der Waals surface area contributed by atoms with Crippen LogP contribution >= 0.6 is 0 Å². The van der Waals surface area contributed by atoms with Crippen LogP contribution in [0.15, 0.2) is 70.1 Å². The predicted molar refractivity (Wildman–Crippen MR) is 159 cm³/mol. The number of carbonyl (C=O) groups is 1. The number of amides is 1. The Hall–Kier alpha value is -4.96. The Labute approximate surface area is 246 Å². The van der Waals surface area contributed by atoms with Crippen LogP contribution in [0, 0.1) is 0 Å². The summed E-state index contributed by atoms with van der Waals surface area (Å²) in [7, 11) is -2.10.